The van der Waals surface area contributed by atoms with Gasteiger partial charge >= 0.3 is 207 Å². The van der Waals surface area contributed by atoms with Crippen LogP contribution < -0.4 is 3.58 Å². The van der Waals surface area contributed by atoms with Crippen molar-refractivity contribution in [3.8, 4) is 0 Å². The summed E-state index contributed by atoms with van der Waals surface area (Å²) >= 11 is -0.852. The number of benzene rings is 1. The van der Waals surface area contributed by atoms with E-state index in [0.717, 1.165) is 6.42 Å². The molecule has 0 bridgehead atoms. The van der Waals surface area contributed by atoms with Crippen LogP contribution in [-0.4, -0.2) is 31.1 Å². The van der Waals surface area contributed by atoms with Crippen molar-refractivity contribution in [1.29, 1.82) is 0 Å². The van der Waals surface area contributed by atoms with Gasteiger partial charge in [-0.05, 0) is 0 Å². The number of pyridine rings is 2. The molecule has 0 spiro atoms. The topological polar surface area (TPSA) is 25.8 Å². The van der Waals surface area contributed by atoms with E-state index in [9.17, 15) is 0 Å². The van der Waals surface area contributed by atoms with Crippen LogP contribution in [0.4, 0.5) is 0 Å². The minimum atomic E-state index is -0.852. The van der Waals surface area contributed by atoms with Gasteiger partial charge in [0, 0.05) is 0 Å². The van der Waals surface area contributed by atoms with Crippen molar-refractivity contribution in [3.05, 3.63) is 65.6 Å². The summed E-state index contributed by atoms with van der Waals surface area (Å²) in [7, 11) is 0. The summed E-state index contributed by atoms with van der Waals surface area (Å²) in [6.45, 7) is 9.22. The maximum absolute atomic E-state index is 4.99. The van der Waals surface area contributed by atoms with Crippen LogP contribution >= 0.6 is 0 Å². The third-order valence-electron chi connectivity index (χ3n) is 6.56. The van der Waals surface area contributed by atoms with Crippen LogP contribution in [0.1, 0.15) is 95.2 Å². The third kappa shape index (κ3) is 7.04. The molecule has 32 heavy (non-hydrogen) atoms. The first kappa shape index (κ1) is 25.2. The Morgan fingerprint density at radius 2 is 1.44 bits per heavy atom. The number of rotatable bonds is 13. The quantitative estimate of drug-likeness (QED) is 0.211. The fraction of sp³-hybridized carbons (Fsp3) is 0.517. The van der Waals surface area contributed by atoms with Crippen molar-refractivity contribution in [2.75, 3.05) is 0 Å². The first-order chi connectivity index (χ1) is 15.6. The molecule has 0 aliphatic heterocycles. The van der Waals surface area contributed by atoms with Crippen molar-refractivity contribution in [3.63, 3.8) is 0 Å². The molecular weight excluding hydrogens is 495 g/mol. The molecule has 0 N–H and O–H groups in total. The fourth-order valence-corrected chi connectivity index (χ4v) is 10.6. The van der Waals surface area contributed by atoms with Crippen LogP contribution in [0.15, 0.2) is 48.9 Å². The SMILES string of the molecule is CCCC[C](CCCC)(CCCC)[Sn][c]1cc(Cc2ccncc2)cc2cc(C)cnc12. The second-order valence-corrected chi connectivity index (χ2v) is 14.8. The average molecular weight is 535 g/mol. The zero-order valence-corrected chi connectivity index (χ0v) is 23.4. The first-order valence-corrected chi connectivity index (χ1v) is 15.5. The van der Waals surface area contributed by atoms with Crippen LogP contribution in [0.25, 0.3) is 10.9 Å². The molecule has 1 aromatic carbocycles. The molecule has 0 aliphatic carbocycles. The van der Waals surface area contributed by atoms with E-state index in [-0.39, 0.29) is 0 Å². The Morgan fingerprint density at radius 1 is 0.812 bits per heavy atom. The summed E-state index contributed by atoms with van der Waals surface area (Å²) < 4.78 is 2.19. The molecule has 0 fully saturated rings. The molecule has 2 nitrogen and oxygen atoms in total. The van der Waals surface area contributed by atoms with Crippen molar-refractivity contribution in [2.24, 2.45) is 0 Å². The Morgan fingerprint density at radius 3 is 2.03 bits per heavy atom. The summed E-state index contributed by atoms with van der Waals surface area (Å²) in [5.41, 5.74) is 5.31. The van der Waals surface area contributed by atoms with Crippen molar-refractivity contribution in [1.82, 2.24) is 9.97 Å². The molecule has 0 amide bonds. The Hall–Kier alpha value is -1.42. The van der Waals surface area contributed by atoms with Gasteiger partial charge in [-0.15, -0.1) is 0 Å². The number of nitrogens with zero attached hydrogens (tertiary/aromatic N) is 2. The number of aromatic nitrogens is 2. The van der Waals surface area contributed by atoms with E-state index in [4.69, 9.17) is 4.98 Å². The molecular formula is C29H40N2Sn. The van der Waals surface area contributed by atoms with Gasteiger partial charge in [0.25, 0.3) is 0 Å². The van der Waals surface area contributed by atoms with Gasteiger partial charge < -0.3 is 0 Å². The number of fused-ring (bicyclic) bond motifs is 1. The van der Waals surface area contributed by atoms with E-state index >= 15 is 0 Å². The molecule has 0 unspecified atom stereocenters. The number of hydrogen-bond donors (Lipinski definition) is 0. The third-order valence-corrected chi connectivity index (χ3v) is 12.1. The Bertz CT molecular complexity index is 946. The fourth-order valence-electron chi connectivity index (χ4n) is 4.75. The summed E-state index contributed by atoms with van der Waals surface area (Å²) in [5.74, 6) is 0. The van der Waals surface area contributed by atoms with Gasteiger partial charge in [-0.25, -0.2) is 0 Å². The van der Waals surface area contributed by atoms with Gasteiger partial charge in [0.2, 0.25) is 0 Å². The standard InChI is InChI=1S/C16H13N2.C13H27.Sn/c1-12-8-15-10-14(2-3-16(15)18-11-12)9-13-4-6-17-7-5-13;1-4-7-10-13(11-8-5-2)12-9-6-3;/h2,4-8,10-11H,9H2,1H3;4-12H2,1-3H3;. The average Bonchev–Trinajstić information content (AvgIpc) is 2.80. The second-order valence-electron chi connectivity index (χ2n) is 9.48. The molecule has 2 radical (unpaired) electrons. The van der Waals surface area contributed by atoms with Gasteiger partial charge in [-0.3, -0.25) is 0 Å². The van der Waals surface area contributed by atoms with Gasteiger partial charge in [-0.2, -0.15) is 0 Å². The predicted molar refractivity (Wildman–Crippen MR) is 140 cm³/mol. The van der Waals surface area contributed by atoms with E-state index in [2.05, 4.69) is 69.2 Å². The predicted octanol–water partition coefficient (Wildman–Crippen LogP) is 7.59. The molecule has 3 heteroatoms. The van der Waals surface area contributed by atoms with Gasteiger partial charge in [-0.1, -0.05) is 0 Å². The zero-order valence-electron chi connectivity index (χ0n) is 20.6. The Kier molecular flexibility index (Phi) is 10.0. The summed E-state index contributed by atoms with van der Waals surface area (Å²) in [6.07, 6.45) is 19.1. The van der Waals surface area contributed by atoms with Gasteiger partial charge in [0.1, 0.15) is 0 Å². The van der Waals surface area contributed by atoms with Crippen LogP contribution in [0.2, 0.25) is 3.43 Å². The van der Waals surface area contributed by atoms with Gasteiger partial charge in [0.05, 0.1) is 0 Å². The number of aryl methyl sites for hydroxylation is 1. The molecule has 2 aromatic heterocycles. The minimum absolute atomic E-state index is 0.570. The van der Waals surface area contributed by atoms with Crippen molar-refractivity contribution < 1.29 is 0 Å². The number of hydrogen-bond acceptors (Lipinski definition) is 2. The zero-order chi connectivity index (χ0) is 22.8. The van der Waals surface area contributed by atoms with Crippen molar-refractivity contribution in [2.45, 2.75) is 95.3 Å². The van der Waals surface area contributed by atoms with E-state index < -0.39 is 21.1 Å². The molecule has 0 saturated heterocycles. The first-order valence-electron chi connectivity index (χ1n) is 12.7. The normalized spacial score (nSPS) is 11.9. The monoisotopic (exact) mass is 536 g/mol. The Balaban J connectivity index is 2.03. The second kappa shape index (κ2) is 12.7. The number of unbranched alkanes of at least 4 members (excludes halogenated alkanes) is 3. The van der Waals surface area contributed by atoms with Crippen LogP contribution in [0, 0.1) is 6.92 Å². The van der Waals surface area contributed by atoms with Crippen LogP contribution in [-0.2, 0) is 6.42 Å². The maximum atomic E-state index is 4.99. The van der Waals surface area contributed by atoms with E-state index in [1.165, 1.54) is 85.4 Å². The van der Waals surface area contributed by atoms with Crippen LogP contribution in [0.3, 0.4) is 0 Å². The Labute approximate surface area is 205 Å². The molecule has 0 atom stereocenters. The summed E-state index contributed by atoms with van der Waals surface area (Å²) in [6, 6.07) is 11.5. The molecule has 0 saturated carbocycles. The van der Waals surface area contributed by atoms with E-state index in [1.54, 1.807) is 3.58 Å². The molecule has 2 heterocycles. The van der Waals surface area contributed by atoms with Gasteiger partial charge in [0.15, 0.2) is 0 Å². The van der Waals surface area contributed by atoms with Crippen LogP contribution in [0.5, 0.6) is 0 Å². The molecule has 170 valence electrons. The van der Waals surface area contributed by atoms with Crippen molar-refractivity contribution >= 4 is 35.6 Å². The van der Waals surface area contributed by atoms with E-state index in [1.807, 2.05) is 12.4 Å². The van der Waals surface area contributed by atoms with E-state index in [0.29, 0.717) is 3.43 Å². The summed E-state index contributed by atoms with van der Waals surface area (Å²) in [4.78, 5) is 9.18. The summed E-state index contributed by atoms with van der Waals surface area (Å²) in [5, 5.41) is 1.34. The molecule has 3 rings (SSSR count). The molecule has 0 aliphatic rings. The molecule has 3 aromatic rings.